The van der Waals surface area contributed by atoms with Crippen LogP contribution in [0.4, 0.5) is 5.69 Å². The summed E-state index contributed by atoms with van der Waals surface area (Å²) >= 11 is 1.36. The number of phenols is 1. The van der Waals surface area contributed by atoms with Gasteiger partial charge >= 0.3 is 0 Å². The molecule has 1 aliphatic heterocycles. The Bertz CT molecular complexity index is 1040. The molecule has 0 spiro atoms. The van der Waals surface area contributed by atoms with Crippen molar-refractivity contribution in [2.24, 2.45) is 4.99 Å². The van der Waals surface area contributed by atoms with Crippen LogP contribution >= 0.6 is 11.8 Å². The largest absolute Gasteiger partial charge is 0.504 e. The van der Waals surface area contributed by atoms with Gasteiger partial charge in [0.05, 0.1) is 17.7 Å². The minimum absolute atomic E-state index is 0.0789. The van der Waals surface area contributed by atoms with Crippen molar-refractivity contribution in [2.45, 2.75) is 27.2 Å². The molecule has 1 amide bonds. The van der Waals surface area contributed by atoms with Crippen LogP contribution in [-0.4, -0.2) is 34.7 Å². The number of methoxy groups -OCH3 is 1. The number of aliphatic imine (C=N–C) groups is 1. The number of carbonyl (C=O) groups is 1. The Labute approximate surface area is 181 Å². The molecule has 1 heterocycles. The van der Waals surface area contributed by atoms with Gasteiger partial charge in [0.15, 0.2) is 16.7 Å². The van der Waals surface area contributed by atoms with Crippen molar-refractivity contribution >= 4 is 34.6 Å². The van der Waals surface area contributed by atoms with E-state index in [9.17, 15) is 9.90 Å². The number of aryl methyl sites for hydroxylation is 2. The molecule has 156 valence electrons. The maximum atomic E-state index is 13.0. The molecule has 0 unspecified atom stereocenters. The number of amides is 1. The number of rotatable bonds is 6. The van der Waals surface area contributed by atoms with Gasteiger partial charge in [-0.3, -0.25) is 9.69 Å². The predicted octanol–water partition coefficient (Wildman–Crippen LogP) is 5.37. The van der Waals surface area contributed by atoms with Gasteiger partial charge in [0.1, 0.15) is 0 Å². The molecule has 3 rings (SSSR count). The van der Waals surface area contributed by atoms with Crippen LogP contribution in [0.2, 0.25) is 0 Å². The molecule has 0 aliphatic carbocycles. The highest BCUT2D eigenvalue weighted by Gasteiger charge is 2.32. The second-order valence-electron chi connectivity index (χ2n) is 7.02. The van der Waals surface area contributed by atoms with Gasteiger partial charge in [-0.15, -0.1) is 6.58 Å². The molecule has 2 aromatic rings. The van der Waals surface area contributed by atoms with Gasteiger partial charge in [0.2, 0.25) is 0 Å². The fraction of sp³-hybridized carbons (Fsp3) is 0.250. The molecule has 1 aliphatic rings. The quantitative estimate of drug-likeness (QED) is 0.502. The Morgan fingerprint density at radius 3 is 2.57 bits per heavy atom. The lowest BCUT2D eigenvalue weighted by molar-refractivity contribution is -0.122. The summed E-state index contributed by atoms with van der Waals surface area (Å²) < 4.78 is 5.29. The van der Waals surface area contributed by atoms with Crippen molar-refractivity contribution < 1.29 is 14.6 Å². The average molecular weight is 423 g/mol. The fourth-order valence-corrected chi connectivity index (χ4v) is 4.39. The number of hydrogen-bond donors (Lipinski definition) is 1. The van der Waals surface area contributed by atoms with E-state index in [0.29, 0.717) is 34.4 Å². The summed E-state index contributed by atoms with van der Waals surface area (Å²) in [4.78, 5) is 20.1. The van der Waals surface area contributed by atoms with Gasteiger partial charge < -0.3 is 9.84 Å². The molecule has 2 aromatic carbocycles. The number of ether oxygens (including phenoxy) is 1. The van der Waals surface area contributed by atoms with Gasteiger partial charge in [0.25, 0.3) is 5.91 Å². The van der Waals surface area contributed by atoms with E-state index >= 15 is 0 Å². The molecular weight excluding hydrogens is 396 g/mol. The topological polar surface area (TPSA) is 62.1 Å². The average Bonchev–Trinajstić information content (AvgIpc) is 3.01. The summed E-state index contributed by atoms with van der Waals surface area (Å²) in [5.74, 6) is 0.385. The van der Waals surface area contributed by atoms with Crippen molar-refractivity contribution in [1.82, 2.24) is 4.90 Å². The standard InChI is InChI=1S/C24H26N2O3S/c1-6-9-18-12-17(13-19(29-5)22(18)27)14-20-23(28)26(7-2)24(30-20)25-21-15(3)10-8-11-16(21)4/h6,8,10-14,27H,1,7,9H2,2-5H3/b20-14+,25-24?. The number of thioether (sulfide) groups is 1. The van der Waals surface area contributed by atoms with E-state index in [4.69, 9.17) is 9.73 Å². The lowest BCUT2D eigenvalue weighted by atomic mass is 10.1. The number of aromatic hydroxyl groups is 1. The van der Waals surface area contributed by atoms with Crippen LogP contribution in [0.25, 0.3) is 6.08 Å². The number of carbonyl (C=O) groups excluding carboxylic acids is 1. The lowest BCUT2D eigenvalue weighted by Gasteiger charge is -2.13. The Balaban J connectivity index is 2.03. The molecule has 1 N–H and O–H groups in total. The monoisotopic (exact) mass is 422 g/mol. The van der Waals surface area contributed by atoms with E-state index in [0.717, 1.165) is 22.4 Å². The van der Waals surface area contributed by atoms with E-state index in [1.807, 2.05) is 51.1 Å². The fourth-order valence-electron chi connectivity index (χ4n) is 3.34. The molecule has 0 atom stereocenters. The first-order chi connectivity index (χ1) is 14.4. The smallest absolute Gasteiger partial charge is 0.266 e. The second-order valence-corrected chi connectivity index (χ2v) is 8.03. The van der Waals surface area contributed by atoms with Crippen LogP contribution in [-0.2, 0) is 11.2 Å². The van der Waals surface area contributed by atoms with Crippen LogP contribution in [0.1, 0.15) is 29.2 Å². The first-order valence-electron chi connectivity index (χ1n) is 9.76. The van der Waals surface area contributed by atoms with E-state index in [-0.39, 0.29) is 11.7 Å². The van der Waals surface area contributed by atoms with Gasteiger partial charge in [-0.2, -0.15) is 0 Å². The van der Waals surface area contributed by atoms with E-state index in [1.165, 1.54) is 18.9 Å². The number of nitrogens with zero attached hydrogens (tertiary/aromatic N) is 2. The molecule has 1 fully saturated rings. The molecule has 1 saturated heterocycles. The molecule has 6 heteroatoms. The zero-order valence-electron chi connectivity index (χ0n) is 17.7. The van der Waals surface area contributed by atoms with E-state index < -0.39 is 0 Å². The Morgan fingerprint density at radius 2 is 1.97 bits per heavy atom. The Hall–Kier alpha value is -2.99. The Kier molecular flexibility index (Phi) is 6.67. The Morgan fingerprint density at radius 1 is 1.27 bits per heavy atom. The highest BCUT2D eigenvalue weighted by Crippen LogP contribution is 2.37. The van der Waals surface area contributed by atoms with Crippen molar-refractivity contribution in [3.63, 3.8) is 0 Å². The van der Waals surface area contributed by atoms with Crippen molar-refractivity contribution in [3.8, 4) is 11.5 Å². The van der Waals surface area contributed by atoms with E-state index in [2.05, 4.69) is 6.58 Å². The number of allylic oxidation sites excluding steroid dienone is 1. The molecule has 0 radical (unpaired) electrons. The van der Waals surface area contributed by atoms with Gasteiger partial charge in [0, 0.05) is 12.1 Å². The van der Waals surface area contributed by atoms with Gasteiger partial charge in [-0.1, -0.05) is 24.3 Å². The lowest BCUT2D eigenvalue weighted by Crippen LogP contribution is -2.28. The van der Waals surface area contributed by atoms with Crippen LogP contribution in [0.3, 0.4) is 0 Å². The SMILES string of the molecule is C=CCc1cc(/C=C2/SC(=Nc3c(C)cccc3C)N(CC)C2=O)cc(OC)c1O. The molecule has 0 saturated carbocycles. The molecular formula is C24H26N2O3S. The van der Waals surface area contributed by atoms with Crippen molar-refractivity contribution in [1.29, 1.82) is 0 Å². The number of benzene rings is 2. The molecule has 5 nitrogen and oxygen atoms in total. The third-order valence-corrected chi connectivity index (χ3v) is 5.92. The van der Waals surface area contributed by atoms with Crippen LogP contribution < -0.4 is 4.74 Å². The summed E-state index contributed by atoms with van der Waals surface area (Å²) in [5.41, 5.74) is 4.51. The number of amidine groups is 1. The first kappa shape index (κ1) is 21.7. The van der Waals surface area contributed by atoms with Crippen LogP contribution in [0.15, 0.2) is 52.9 Å². The molecule has 0 aromatic heterocycles. The first-order valence-corrected chi connectivity index (χ1v) is 10.6. The summed E-state index contributed by atoms with van der Waals surface area (Å²) in [7, 11) is 1.51. The minimum Gasteiger partial charge on any atom is -0.504 e. The van der Waals surface area contributed by atoms with Gasteiger partial charge in [-0.05, 0) is 73.9 Å². The highest BCUT2D eigenvalue weighted by molar-refractivity contribution is 8.18. The minimum atomic E-state index is -0.0789. The van der Waals surface area contributed by atoms with Crippen molar-refractivity contribution in [2.75, 3.05) is 13.7 Å². The number of hydrogen-bond acceptors (Lipinski definition) is 5. The zero-order chi connectivity index (χ0) is 21.8. The maximum Gasteiger partial charge on any atom is 0.266 e. The summed E-state index contributed by atoms with van der Waals surface area (Å²) in [6, 6.07) is 9.61. The van der Waals surface area contributed by atoms with Crippen LogP contribution in [0, 0.1) is 13.8 Å². The molecule has 0 bridgehead atoms. The van der Waals surface area contributed by atoms with Crippen LogP contribution in [0.5, 0.6) is 11.5 Å². The second kappa shape index (κ2) is 9.22. The third-order valence-electron chi connectivity index (χ3n) is 4.91. The summed E-state index contributed by atoms with van der Waals surface area (Å²) in [5, 5.41) is 11.0. The predicted molar refractivity (Wildman–Crippen MR) is 125 cm³/mol. The third kappa shape index (κ3) is 4.28. The number of para-hydroxylation sites is 1. The highest BCUT2D eigenvalue weighted by atomic mass is 32.2. The zero-order valence-corrected chi connectivity index (χ0v) is 18.5. The van der Waals surface area contributed by atoms with Gasteiger partial charge in [-0.25, -0.2) is 4.99 Å². The maximum absolute atomic E-state index is 13.0. The number of phenolic OH excluding ortho intramolecular Hbond substituents is 1. The summed E-state index contributed by atoms with van der Waals surface area (Å²) in [6.45, 7) is 10.2. The van der Waals surface area contributed by atoms with E-state index in [1.54, 1.807) is 17.0 Å². The normalized spacial score (nSPS) is 16.5. The summed E-state index contributed by atoms with van der Waals surface area (Å²) in [6.07, 6.45) is 4.03. The number of likely N-dealkylation sites (N-methyl/N-ethyl adjacent to an activating group) is 1. The molecule has 30 heavy (non-hydrogen) atoms. The van der Waals surface area contributed by atoms with Crippen molar-refractivity contribution in [3.05, 3.63) is 70.1 Å².